The van der Waals surface area contributed by atoms with Crippen molar-refractivity contribution in [2.24, 2.45) is 0 Å². The third-order valence-corrected chi connectivity index (χ3v) is 3.34. The largest absolute Gasteiger partial charge is 0.380 e. The van der Waals surface area contributed by atoms with E-state index >= 15 is 0 Å². The lowest BCUT2D eigenvalue weighted by Crippen LogP contribution is -2.22. The van der Waals surface area contributed by atoms with Crippen LogP contribution in [0.1, 0.15) is 29.3 Å². The lowest BCUT2D eigenvalue weighted by Gasteiger charge is -2.15. The molecule has 112 valence electrons. The molecule has 1 N–H and O–H groups in total. The monoisotopic (exact) mass is 285 g/mol. The molecule has 1 aromatic heterocycles. The summed E-state index contributed by atoms with van der Waals surface area (Å²) in [6.45, 7) is 3.92. The lowest BCUT2D eigenvalue weighted by atomic mass is 10.1. The molecule has 21 heavy (non-hydrogen) atoms. The number of amides is 1. The average molecular weight is 285 g/mol. The molecule has 0 aliphatic carbocycles. The minimum atomic E-state index is 0.0154. The van der Waals surface area contributed by atoms with Gasteiger partial charge in [0.25, 0.3) is 5.91 Å². The number of benzene rings is 1. The standard InChI is InChI=1S/C17H23N3O/c1-4-10-20-11-9-14(13-20)12-18-16-8-6-5-7-15(16)17(21)19(2)3/h5-9,11,13,18H,4,10,12H2,1-3H3. The molecule has 2 aromatic rings. The van der Waals surface area contributed by atoms with Crippen molar-refractivity contribution in [1.82, 2.24) is 9.47 Å². The molecular weight excluding hydrogens is 262 g/mol. The highest BCUT2D eigenvalue weighted by molar-refractivity contribution is 5.99. The molecule has 0 atom stereocenters. The van der Waals surface area contributed by atoms with Crippen molar-refractivity contribution in [3.05, 3.63) is 53.9 Å². The highest BCUT2D eigenvalue weighted by Crippen LogP contribution is 2.17. The molecular formula is C17H23N3O. The number of carbonyl (C=O) groups is 1. The van der Waals surface area contributed by atoms with Crippen molar-refractivity contribution in [3.63, 3.8) is 0 Å². The number of carbonyl (C=O) groups excluding carboxylic acids is 1. The Labute approximate surface area is 126 Å². The number of aromatic nitrogens is 1. The maximum absolute atomic E-state index is 12.1. The fraction of sp³-hybridized carbons (Fsp3) is 0.353. The third-order valence-electron chi connectivity index (χ3n) is 3.34. The molecule has 4 heteroatoms. The number of anilines is 1. The number of nitrogens with one attached hydrogen (secondary N) is 1. The number of hydrogen-bond acceptors (Lipinski definition) is 2. The second-order valence-corrected chi connectivity index (χ2v) is 5.36. The molecule has 0 saturated carbocycles. The maximum Gasteiger partial charge on any atom is 0.255 e. The van der Waals surface area contributed by atoms with E-state index in [0.29, 0.717) is 12.1 Å². The summed E-state index contributed by atoms with van der Waals surface area (Å²) in [5.74, 6) is 0.0154. The van der Waals surface area contributed by atoms with Gasteiger partial charge in [0.2, 0.25) is 0 Å². The molecule has 0 radical (unpaired) electrons. The Balaban J connectivity index is 2.07. The Hall–Kier alpha value is -2.23. The number of nitrogens with zero attached hydrogens (tertiary/aromatic N) is 2. The van der Waals surface area contributed by atoms with E-state index in [1.54, 1.807) is 19.0 Å². The maximum atomic E-state index is 12.1. The number of rotatable bonds is 6. The summed E-state index contributed by atoms with van der Waals surface area (Å²) in [5, 5.41) is 3.36. The molecule has 1 heterocycles. The van der Waals surface area contributed by atoms with Crippen LogP contribution >= 0.6 is 0 Å². The molecule has 4 nitrogen and oxygen atoms in total. The van der Waals surface area contributed by atoms with Gasteiger partial charge in [-0.05, 0) is 30.2 Å². The van der Waals surface area contributed by atoms with Gasteiger partial charge in [-0.15, -0.1) is 0 Å². The van der Waals surface area contributed by atoms with E-state index in [2.05, 4.69) is 35.3 Å². The average Bonchev–Trinajstić information content (AvgIpc) is 2.92. The summed E-state index contributed by atoms with van der Waals surface area (Å²) in [6, 6.07) is 9.74. The first-order valence-electron chi connectivity index (χ1n) is 7.31. The van der Waals surface area contributed by atoms with Crippen LogP contribution in [0.3, 0.4) is 0 Å². The first kappa shape index (κ1) is 15.2. The van der Waals surface area contributed by atoms with Crippen LogP contribution in [-0.4, -0.2) is 29.5 Å². The quantitative estimate of drug-likeness (QED) is 0.885. The highest BCUT2D eigenvalue weighted by Gasteiger charge is 2.12. The molecule has 0 unspecified atom stereocenters. The Kier molecular flexibility index (Phi) is 5.04. The van der Waals surface area contributed by atoms with Gasteiger partial charge in [0.15, 0.2) is 0 Å². The Morgan fingerprint density at radius 3 is 2.71 bits per heavy atom. The minimum absolute atomic E-state index is 0.0154. The van der Waals surface area contributed by atoms with E-state index in [1.165, 1.54) is 5.56 Å². The molecule has 0 aliphatic heterocycles. The topological polar surface area (TPSA) is 37.3 Å². The summed E-state index contributed by atoms with van der Waals surface area (Å²) in [6.07, 6.45) is 5.37. The predicted octanol–water partition coefficient (Wildman–Crippen LogP) is 3.21. The zero-order valence-corrected chi connectivity index (χ0v) is 13.0. The van der Waals surface area contributed by atoms with Gasteiger partial charge in [-0.1, -0.05) is 19.1 Å². The molecule has 0 spiro atoms. The van der Waals surface area contributed by atoms with E-state index in [0.717, 1.165) is 18.7 Å². The summed E-state index contributed by atoms with van der Waals surface area (Å²) in [7, 11) is 3.54. The van der Waals surface area contributed by atoms with Crippen LogP contribution in [0.5, 0.6) is 0 Å². The van der Waals surface area contributed by atoms with Crippen LogP contribution in [0, 0.1) is 0 Å². The third kappa shape index (κ3) is 3.88. The van der Waals surface area contributed by atoms with Crippen molar-refractivity contribution in [1.29, 1.82) is 0 Å². The lowest BCUT2D eigenvalue weighted by molar-refractivity contribution is 0.0828. The van der Waals surface area contributed by atoms with Crippen LogP contribution in [0.15, 0.2) is 42.7 Å². The normalized spacial score (nSPS) is 10.4. The van der Waals surface area contributed by atoms with Crippen LogP contribution in [0.2, 0.25) is 0 Å². The molecule has 0 fully saturated rings. The van der Waals surface area contributed by atoms with E-state index in [4.69, 9.17) is 0 Å². The fourth-order valence-corrected chi connectivity index (χ4v) is 2.25. The van der Waals surface area contributed by atoms with Gasteiger partial charge in [0, 0.05) is 45.3 Å². The van der Waals surface area contributed by atoms with Gasteiger partial charge in [0.05, 0.1) is 5.56 Å². The predicted molar refractivity (Wildman–Crippen MR) is 86.5 cm³/mol. The fourth-order valence-electron chi connectivity index (χ4n) is 2.25. The zero-order valence-electron chi connectivity index (χ0n) is 13.0. The van der Waals surface area contributed by atoms with Crippen molar-refractivity contribution >= 4 is 11.6 Å². The molecule has 2 rings (SSSR count). The number of hydrogen-bond donors (Lipinski definition) is 1. The molecule has 1 aromatic carbocycles. The zero-order chi connectivity index (χ0) is 15.2. The molecule has 0 saturated heterocycles. The van der Waals surface area contributed by atoms with Gasteiger partial charge < -0.3 is 14.8 Å². The second kappa shape index (κ2) is 6.97. The second-order valence-electron chi connectivity index (χ2n) is 5.36. The van der Waals surface area contributed by atoms with Gasteiger partial charge in [-0.2, -0.15) is 0 Å². The van der Waals surface area contributed by atoms with E-state index in [-0.39, 0.29) is 5.91 Å². The molecule has 0 bridgehead atoms. The Morgan fingerprint density at radius 1 is 1.24 bits per heavy atom. The highest BCUT2D eigenvalue weighted by atomic mass is 16.2. The van der Waals surface area contributed by atoms with Crippen LogP contribution in [-0.2, 0) is 13.1 Å². The van der Waals surface area contributed by atoms with Gasteiger partial charge in [-0.3, -0.25) is 4.79 Å². The SMILES string of the molecule is CCCn1ccc(CNc2ccccc2C(=O)N(C)C)c1. The van der Waals surface area contributed by atoms with E-state index < -0.39 is 0 Å². The van der Waals surface area contributed by atoms with Crippen LogP contribution in [0.25, 0.3) is 0 Å². The van der Waals surface area contributed by atoms with Gasteiger partial charge in [0.1, 0.15) is 0 Å². The number of para-hydroxylation sites is 1. The van der Waals surface area contributed by atoms with Crippen molar-refractivity contribution in [2.75, 3.05) is 19.4 Å². The van der Waals surface area contributed by atoms with E-state index in [1.807, 2.05) is 24.3 Å². The van der Waals surface area contributed by atoms with Crippen LogP contribution in [0.4, 0.5) is 5.69 Å². The van der Waals surface area contributed by atoms with Crippen molar-refractivity contribution in [3.8, 4) is 0 Å². The summed E-state index contributed by atoms with van der Waals surface area (Å²) in [5.41, 5.74) is 2.80. The summed E-state index contributed by atoms with van der Waals surface area (Å²) < 4.78 is 2.19. The first-order valence-corrected chi connectivity index (χ1v) is 7.31. The summed E-state index contributed by atoms with van der Waals surface area (Å²) >= 11 is 0. The van der Waals surface area contributed by atoms with Gasteiger partial charge in [-0.25, -0.2) is 0 Å². The Morgan fingerprint density at radius 2 is 2.00 bits per heavy atom. The Bertz CT molecular complexity index is 602. The van der Waals surface area contributed by atoms with Crippen LogP contribution < -0.4 is 5.32 Å². The van der Waals surface area contributed by atoms with Crippen molar-refractivity contribution in [2.45, 2.75) is 26.4 Å². The van der Waals surface area contributed by atoms with Crippen molar-refractivity contribution < 1.29 is 4.79 Å². The molecule has 1 amide bonds. The smallest absolute Gasteiger partial charge is 0.255 e. The number of aryl methyl sites for hydroxylation is 1. The summed E-state index contributed by atoms with van der Waals surface area (Å²) in [4.78, 5) is 13.7. The van der Waals surface area contributed by atoms with Gasteiger partial charge >= 0.3 is 0 Å². The van der Waals surface area contributed by atoms with E-state index in [9.17, 15) is 4.79 Å². The first-order chi connectivity index (χ1) is 10.1. The minimum Gasteiger partial charge on any atom is -0.380 e. The molecule has 0 aliphatic rings.